The zero-order valence-electron chi connectivity index (χ0n) is 17.7. The number of aliphatic imine (C=N–C) groups is 1. The van der Waals surface area contributed by atoms with Gasteiger partial charge in [-0.2, -0.15) is 0 Å². The average Bonchev–Trinajstić information content (AvgIpc) is 3.38. The number of nitrogens with one attached hydrogen (secondary N) is 1. The molecule has 31 heavy (non-hydrogen) atoms. The Balaban J connectivity index is 1.77. The van der Waals surface area contributed by atoms with Gasteiger partial charge in [-0.05, 0) is 54.8 Å². The van der Waals surface area contributed by atoms with Gasteiger partial charge in [0.05, 0.1) is 18.4 Å². The van der Waals surface area contributed by atoms with E-state index in [0.29, 0.717) is 5.56 Å². The number of aryl methyl sites for hydroxylation is 2. The van der Waals surface area contributed by atoms with E-state index in [4.69, 9.17) is 4.74 Å². The topological polar surface area (TPSA) is 54.4 Å². The number of aromatic amines is 1. The maximum absolute atomic E-state index is 11.9. The van der Waals surface area contributed by atoms with Crippen molar-refractivity contribution in [3.63, 3.8) is 0 Å². The van der Waals surface area contributed by atoms with Gasteiger partial charge in [-0.25, -0.2) is 4.79 Å². The second-order valence-electron chi connectivity index (χ2n) is 7.89. The molecule has 152 valence electrons. The Bertz CT molecular complexity index is 1390. The first-order chi connectivity index (χ1) is 15.0. The summed E-state index contributed by atoms with van der Waals surface area (Å²) in [5, 5.41) is 1.15. The van der Waals surface area contributed by atoms with E-state index in [9.17, 15) is 4.79 Å². The first-order valence-electron chi connectivity index (χ1n) is 10.2. The van der Waals surface area contributed by atoms with Gasteiger partial charge in [0.25, 0.3) is 0 Å². The number of aromatic nitrogens is 1. The number of ether oxygens (including phenoxy) is 1. The zero-order chi connectivity index (χ0) is 21.5. The molecular weight excluding hydrogens is 384 g/mol. The Labute approximate surface area is 180 Å². The summed E-state index contributed by atoms with van der Waals surface area (Å²) in [7, 11) is 1.39. The molecule has 0 saturated carbocycles. The van der Waals surface area contributed by atoms with Crippen LogP contribution in [0.2, 0.25) is 0 Å². The van der Waals surface area contributed by atoms with Crippen LogP contribution >= 0.6 is 0 Å². The molecule has 1 aromatic heterocycles. The number of hydrogen-bond donors (Lipinski definition) is 1. The first kappa shape index (κ1) is 19.1. The molecule has 0 radical (unpaired) electrons. The molecular formula is C27H22N2O2. The number of allylic oxidation sites excluding steroid dienone is 1. The maximum Gasteiger partial charge on any atom is 0.337 e. The number of rotatable bonds is 3. The van der Waals surface area contributed by atoms with Crippen LogP contribution < -0.4 is 0 Å². The zero-order valence-corrected chi connectivity index (χ0v) is 17.7. The van der Waals surface area contributed by atoms with Crippen molar-refractivity contribution in [3.8, 4) is 0 Å². The monoisotopic (exact) mass is 406 g/mol. The van der Waals surface area contributed by atoms with Crippen molar-refractivity contribution >= 4 is 39.9 Å². The van der Waals surface area contributed by atoms with Gasteiger partial charge in [0.2, 0.25) is 0 Å². The lowest BCUT2D eigenvalue weighted by atomic mass is 9.89. The third-order valence-electron chi connectivity index (χ3n) is 5.75. The van der Waals surface area contributed by atoms with Crippen LogP contribution in [0.3, 0.4) is 0 Å². The number of fused-ring (bicyclic) bond motifs is 2. The summed E-state index contributed by atoms with van der Waals surface area (Å²) in [5.74, 6) is -0.341. The molecule has 0 atom stereocenters. The number of hydrogen-bond acceptors (Lipinski definition) is 3. The summed E-state index contributed by atoms with van der Waals surface area (Å²) in [4.78, 5) is 20.0. The van der Waals surface area contributed by atoms with E-state index in [0.717, 1.165) is 44.4 Å². The van der Waals surface area contributed by atoms with Gasteiger partial charge in [0.1, 0.15) is 0 Å². The summed E-state index contributed by atoms with van der Waals surface area (Å²) < 4.78 is 4.86. The first-order valence-corrected chi connectivity index (χ1v) is 10.2. The van der Waals surface area contributed by atoms with E-state index in [1.54, 1.807) is 0 Å². The van der Waals surface area contributed by atoms with Gasteiger partial charge in [-0.1, -0.05) is 36.4 Å². The minimum Gasteiger partial charge on any atom is -0.465 e. The van der Waals surface area contributed by atoms with Crippen LogP contribution in [0.25, 0.3) is 22.0 Å². The van der Waals surface area contributed by atoms with E-state index in [-0.39, 0.29) is 5.97 Å². The molecule has 0 fully saturated rings. The van der Waals surface area contributed by atoms with Crippen molar-refractivity contribution in [2.75, 3.05) is 7.11 Å². The number of carbonyl (C=O) groups excluding carboxylic acids is 1. The number of methoxy groups -OCH3 is 1. The van der Waals surface area contributed by atoms with E-state index >= 15 is 0 Å². The lowest BCUT2D eigenvalue weighted by Crippen LogP contribution is -2.01. The third-order valence-corrected chi connectivity index (χ3v) is 5.75. The minimum atomic E-state index is -0.341. The summed E-state index contributed by atoms with van der Waals surface area (Å²) in [5.41, 5.74) is 10.4. The predicted molar refractivity (Wildman–Crippen MR) is 126 cm³/mol. The van der Waals surface area contributed by atoms with Crippen LogP contribution in [0.1, 0.15) is 38.2 Å². The molecule has 0 bridgehead atoms. The Kier molecular flexibility index (Phi) is 4.55. The van der Waals surface area contributed by atoms with Crippen molar-refractivity contribution in [2.45, 2.75) is 13.8 Å². The normalized spacial score (nSPS) is 14.0. The summed E-state index contributed by atoms with van der Waals surface area (Å²) in [6.45, 7) is 4.17. The van der Waals surface area contributed by atoms with E-state index in [2.05, 4.69) is 66.4 Å². The summed E-state index contributed by atoms with van der Waals surface area (Å²) in [6.07, 6.45) is 4.00. The van der Waals surface area contributed by atoms with Crippen molar-refractivity contribution < 1.29 is 9.53 Å². The molecule has 4 nitrogen and oxygen atoms in total. The molecule has 1 aliphatic rings. The van der Waals surface area contributed by atoms with Gasteiger partial charge < -0.3 is 9.72 Å². The molecule has 1 N–H and O–H groups in total. The fourth-order valence-electron chi connectivity index (χ4n) is 4.17. The molecule has 5 rings (SSSR count). The second kappa shape index (κ2) is 7.40. The highest BCUT2D eigenvalue weighted by molar-refractivity contribution is 6.27. The maximum atomic E-state index is 11.9. The molecule has 4 heteroatoms. The number of nitrogens with zero attached hydrogens (tertiary/aromatic N) is 1. The van der Waals surface area contributed by atoms with Gasteiger partial charge in [-0.15, -0.1) is 0 Å². The number of benzene rings is 3. The lowest BCUT2D eigenvalue weighted by molar-refractivity contribution is 0.0600. The molecule has 0 spiro atoms. The summed E-state index contributed by atoms with van der Waals surface area (Å²) >= 11 is 0. The van der Waals surface area contributed by atoms with E-state index in [1.807, 2.05) is 30.5 Å². The third kappa shape index (κ3) is 3.26. The molecule has 0 saturated heterocycles. The largest absolute Gasteiger partial charge is 0.465 e. The van der Waals surface area contributed by atoms with Gasteiger partial charge in [0.15, 0.2) is 0 Å². The van der Waals surface area contributed by atoms with Gasteiger partial charge >= 0.3 is 5.97 Å². The Morgan fingerprint density at radius 2 is 1.61 bits per heavy atom. The Hall–Kier alpha value is -3.92. The summed E-state index contributed by atoms with van der Waals surface area (Å²) in [6, 6.07) is 20.4. The fraction of sp³-hybridized carbons (Fsp3) is 0.111. The quantitative estimate of drug-likeness (QED) is 0.409. The van der Waals surface area contributed by atoms with Crippen molar-refractivity contribution in [3.05, 3.63) is 100 Å². The van der Waals surface area contributed by atoms with Gasteiger partial charge in [0, 0.05) is 45.6 Å². The lowest BCUT2D eigenvalue weighted by Gasteiger charge is -2.13. The predicted octanol–water partition coefficient (Wildman–Crippen LogP) is 6.25. The van der Waals surface area contributed by atoms with Gasteiger partial charge in [-0.3, -0.25) is 4.99 Å². The fourth-order valence-corrected chi connectivity index (χ4v) is 4.17. The van der Waals surface area contributed by atoms with Crippen LogP contribution in [0, 0.1) is 13.8 Å². The van der Waals surface area contributed by atoms with Crippen molar-refractivity contribution in [2.24, 2.45) is 4.99 Å². The second-order valence-corrected chi connectivity index (χ2v) is 7.89. The Morgan fingerprint density at radius 1 is 0.903 bits per heavy atom. The molecule has 3 aromatic carbocycles. The Morgan fingerprint density at radius 3 is 2.39 bits per heavy atom. The SMILES string of the molecule is COC(=O)c1ccc(C(=C2C=Nc3cc(C)ccc32)c2c[nH]c3cc(C)ccc23)cc1. The number of carbonyl (C=O) groups is 1. The van der Waals surface area contributed by atoms with E-state index in [1.165, 1.54) is 18.2 Å². The van der Waals surface area contributed by atoms with Crippen LogP contribution in [-0.2, 0) is 4.74 Å². The van der Waals surface area contributed by atoms with Crippen molar-refractivity contribution in [1.82, 2.24) is 4.98 Å². The molecule has 0 unspecified atom stereocenters. The van der Waals surface area contributed by atoms with Crippen LogP contribution in [0.15, 0.2) is 71.9 Å². The molecule has 0 amide bonds. The molecule has 1 aliphatic heterocycles. The van der Waals surface area contributed by atoms with Crippen LogP contribution in [0.5, 0.6) is 0 Å². The smallest absolute Gasteiger partial charge is 0.337 e. The van der Waals surface area contributed by atoms with Crippen molar-refractivity contribution in [1.29, 1.82) is 0 Å². The molecule has 2 heterocycles. The number of esters is 1. The average molecular weight is 406 g/mol. The molecule has 0 aliphatic carbocycles. The number of H-pyrrole nitrogens is 1. The highest BCUT2D eigenvalue weighted by Gasteiger charge is 2.21. The van der Waals surface area contributed by atoms with E-state index < -0.39 is 0 Å². The highest BCUT2D eigenvalue weighted by atomic mass is 16.5. The van der Waals surface area contributed by atoms with Crippen LogP contribution in [0.4, 0.5) is 5.69 Å². The van der Waals surface area contributed by atoms with Crippen LogP contribution in [-0.4, -0.2) is 24.3 Å². The molecule has 4 aromatic rings. The minimum absolute atomic E-state index is 0.341. The highest BCUT2D eigenvalue weighted by Crippen LogP contribution is 2.41. The standard InChI is InChI=1S/C27H22N2O2/c1-16-4-10-20-22(14-28-24(20)12-16)26(18-6-8-19(9-7-18)27(30)31-3)23-15-29-25-13-17(2)5-11-21(23)25/h4-15,28H,1-3H3.